The fraction of sp³-hybridized carbons (Fsp3) is 0.765. The van der Waals surface area contributed by atoms with E-state index in [2.05, 4.69) is 24.0 Å². The van der Waals surface area contributed by atoms with Gasteiger partial charge in [-0.15, -0.1) is 0 Å². The molecule has 22 heavy (non-hydrogen) atoms. The number of amides is 1. The summed E-state index contributed by atoms with van der Waals surface area (Å²) >= 11 is 0. The quantitative estimate of drug-likeness (QED) is 0.929. The number of aromatic nitrogens is 2. The zero-order chi connectivity index (χ0) is 15.5. The highest BCUT2D eigenvalue weighted by molar-refractivity contribution is 5.79. The molecule has 2 saturated heterocycles. The highest BCUT2D eigenvalue weighted by atomic mass is 16.5. The molecule has 3 rings (SSSR count). The fourth-order valence-corrected chi connectivity index (χ4v) is 3.68. The minimum atomic E-state index is 0.0793. The third kappa shape index (κ3) is 3.35. The van der Waals surface area contributed by atoms with E-state index in [4.69, 9.17) is 4.74 Å². The van der Waals surface area contributed by atoms with E-state index in [1.807, 2.05) is 11.1 Å². The van der Waals surface area contributed by atoms with E-state index in [1.165, 1.54) is 11.3 Å². The molecule has 5 heteroatoms. The molecule has 0 spiro atoms. The number of aromatic amines is 1. The molecule has 0 bridgehead atoms. The molecule has 3 heterocycles. The third-order valence-corrected chi connectivity index (χ3v) is 4.80. The van der Waals surface area contributed by atoms with Crippen molar-refractivity contribution in [2.24, 2.45) is 11.8 Å². The van der Waals surface area contributed by atoms with E-state index >= 15 is 0 Å². The summed E-state index contributed by atoms with van der Waals surface area (Å²) in [6.45, 7) is 7.50. The van der Waals surface area contributed by atoms with Crippen LogP contribution in [0.25, 0.3) is 0 Å². The topological polar surface area (TPSA) is 58.2 Å². The van der Waals surface area contributed by atoms with Crippen molar-refractivity contribution in [3.8, 4) is 0 Å². The Hall–Kier alpha value is -1.36. The number of hydrogen-bond donors (Lipinski definition) is 1. The summed E-state index contributed by atoms with van der Waals surface area (Å²) in [6, 6.07) is 0. The van der Waals surface area contributed by atoms with Gasteiger partial charge in [0, 0.05) is 31.3 Å². The van der Waals surface area contributed by atoms with Crippen LogP contribution in [-0.4, -0.2) is 47.3 Å². The number of carbonyl (C=O) groups is 1. The minimum absolute atomic E-state index is 0.0793. The molecule has 2 unspecified atom stereocenters. The van der Waals surface area contributed by atoms with Gasteiger partial charge in [0.05, 0.1) is 18.7 Å². The average molecular weight is 305 g/mol. The molecule has 1 aromatic heterocycles. The van der Waals surface area contributed by atoms with Crippen LogP contribution < -0.4 is 0 Å². The van der Waals surface area contributed by atoms with Crippen molar-refractivity contribution < 1.29 is 9.53 Å². The first-order valence-corrected chi connectivity index (χ1v) is 8.53. The summed E-state index contributed by atoms with van der Waals surface area (Å²) in [4.78, 5) is 14.6. The molecule has 2 fully saturated rings. The van der Waals surface area contributed by atoms with Gasteiger partial charge in [-0.3, -0.25) is 9.89 Å². The van der Waals surface area contributed by atoms with E-state index in [-0.39, 0.29) is 11.8 Å². The Labute approximate surface area is 132 Å². The van der Waals surface area contributed by atoms with Crippen molar-refractivity contribution in [3.63, 3.8) is 0 Å². The van der Waals surface area contributed by atoms with Gasteiger partial charge in [-0.25, -0.2) is 0 Å². The van der Waals surface area contributed by atoms with E-state index in [0.29, 0.717) is 18.4 Å². The predicted octanol–water partition coefficient (Wildman–Crippen LogP) is 2.35. The van der Waals surface area contributed by atoms with E-state index in [0.717, 1.165) is 45.4 Å². The van der Waals surface area contributed by atoms with Gasteiger partial charge < -0.3 is 9.64 Å². The van der Waals surface area contributed by atoms with Crippen molar-refractivity contribution >= 4 is 5.91 Å². The smallest absolute Gasteiger partial charge is 0.228 e. The van der Waals surface area contributed by atoms with E-state index in [1.54, 1.807) is 0 Å². The summed E-state index contributed by atoms with van der Waals surface area (Å²) in [6.07, 6.45) is 6.10. The summed E-state index contributed by atoms with van der Waals surface area (Å²) in [5.74, 6) is 1.38. The normalized spacial score (nSPS) is 25.9. The first-order valence-electron chi connectivity index (χ1n) is 8.53. The second-order valence-electron chi connectivity index (χ2n) is 7.09. The number of nitrogens with zero attached hydrogens (tertiary/aromatic N) is 2. The number of ether oxygens (including phenoxy) is 1. The Morgan fingerprint density at radius 3 is 3.09 bits per heavy atom. The Kier molecular flexibility index (Phi) is 4.81. The van der Waals surface area contributed by atoms with Gasteiger partial charge in [0.1, 0.15) is 0 Å². The van der Waals surface area contributed by atoms with E-state index < -0.39 is 0 Å². The number of likely N-dealkylation sites (tertiary alicyclic amines) is 1. The van der Waals surface area contributed by atoms with Gasteiger partial charge in [0.15, 0.2) is 0 Å². The maximum atomic E-state index is 12.6. The SMILES string of the molecule is CC(C)Cc1cn[nH]c1C1CCCN(C(=O)C2CCOC2)C1. The van der Waals surface area contributed by atoms with Crippen LogP contribution in [-0.2, 0) is 16.0 Å². The maximum Gasteiger partial charge on any atom is 0.228 e. The van der Waals surface area contributed by atoms with Crippen molar-refractivity contribution in [1.82, 2.24) is 15.1 Å². The monoisotopic (exact) mass is 305 g/mol. The van der Waals surface area contributed by atoms with Gasteiger partial charge in [-0.05, 0) is 37.2 Å². The van der Waals surface area contributed by atoms with Crippen LogP contribution in [0.5, 0.6) is 0 Å². The van der Waals surface area contributed by atoms with Crippen LogP contribution >= 0.6 is 0 Å². The van der Waals surface area contributed by atoms with Crippen molar-refractivity contribution in [1.29, 1.82) is 0 Å². The summed E-state index contributed by atoms with van der Waals surface area (Å²) in [5, 5.41) is 7.45. The van der Waals surface area contributed by atoms with Crippen molar-refractivity contribution in [2.45, 2.75) is 45.4 Å². The number of rotatable bonds is 4. The Morgan fingerprint density at radius 1 is 1.50 bits per heavy atom. The number of H-pyrrole nitrogens is 1. The first-order chi connectivity index (χ1) is 10.6. The summed E-state index contributed by atoms with van der Waals surface area (Å²) in [5.41, 5.74) is 2.56. The van der Waals surface area contributed by atoms with Gasteiger partial charge in [-0.2, -0.15) is 5.10 Å². The van der Waals surface area contributed by atoms with Gasteiger partial charge >= 0.3 is 0 Å². The van der Waals surface area contributed by atoms with Crippen molar-refractivity contribution in [2.75, 3.05) is 26.3 Å². The molecular weight excluding hydrogens is 278 g/mol. The largest absolute Gasteiger partial charge is 0.381 e. The Balaban J connectivity index is 1.67. The Bertz CT molecular complexity index is 506. The molecule has 122 valence electrons. The third-order valence-electron chi connectivity index (χ3n) is 4.80. The number of carbonyl (C=O) groups excluding carboxylic acids is 1. The lowest BCUT2D eigenvalue weighted by Crippen LogP contribution is -2.42. The van der Waals surface area contributed by atoms with Crippen LogP contribution in [0.1, 0.15) is 50.3 Å². The fourth-order valence-electron chi connectivity index (χ4n) is 3.68. The summed E-state index contributed by atoms with van der Waals surface area (Å²) < 4.78 is 5.37. The van der Waals surface area contributed by atoms with Crippen LogP contribution in [0.4, 0.5) is 0 Å². The molecular formula is C17H27N3O2. The molecule has 1 N–H and O–H groups in total. The standard InChI is InChI=1S/C17H27N3O2/c1-12(2)8-15-9-18-19-16(15)13-4-3-6-20(10-13)17(21)14-5-7-22-11-14/h9,12-14H,3-8,10-11H2,1-2H3,(H,18,19). The predicted molar refractivity (Wildman–Crippen MR) is 84.6 cm³/mol. The molecule has 5 nitrogen and oxygen atoms in total. The average Bonchev–Trinajstić information content (AvgIpc) is 3.17. The molecule has 0 aliphatic carbocycles. The van der Waals surface area contributed by atoms with E-state index in [9.17, 15) is 4.79 Å². The molecule has 2 aliphatic rings. The zero-order valence-electron chi connectivity index (χ0n) is 13.7. The second-order valence-corrected chi connectivity index (χ2v) is 7.09. The van der Waals surface area contributed by atoms with Crippen LogP contribution in [0.15, 0.2) is 6.20 Å². The van der Waals surface area contributed by atoms with Crippen LogP contribution in [0.2, 0.25) is 0 Å². The van der Waals surface area contributed by atoms with Crippen LogP contribution in [0, 0.1) is 11.8 Å². The second kappa shape index (κ2) is 6.82. The maximum absolute atomic E-state index is 12.6. The minimum Gasteiger partial charge on any atom is -0.381 e. The Morgan fingerprint density at radius 2 is 2.36 bits per heavy atom. The molecule has 0 radical (unpaired) electrons. The zero-order valence-corrected chi connectivity index (χ0v) is 13.7. The lowest BCUT2D eigenvalue weighted by atomic mass is 9.89. The molecule has 2 aliphatic heterocycles. The highest BCUT2D eigenvalue weighted by Crippen LogP contribution is 2.30. The lowest BCUT2D eigenvalue weighted by molar-refractivity contribution is -0.136. The number of nitrogens with one attached hydrogen (secondary N) is 1. The summed E-state index contributed by atoms with van der Waals surface area (Å²) in [7, 11) is 0. The first kappa shape index (κ1) is 15.5. The number of piperidine rings is 1. The van der Waals surface area contributed by atoms with Crippen molar-refractivity contribution in [3.05, 3.63) is 17.5 Å². The van der Waals surface area contributed by atoms with Crippen LogP contribution in [0.3, 0.4) is 0 Å². The van der Waals surface area contributed by atoms with Gasteiger partial charge in [0.2, 0.25) is 5.91 Å². The van der Waals surface area contributed by atoms with Gasteiger partial charge in [0.25, 0.3) is 0 Å². The molecule has 2 atom stereocenters. The molecule has 1 aromatic rings. The molecule has 0 aromatic carbocycles. The molecule has 0 saturated carbocycles. The molecule has 1 amide bonds. The lowest BCUT2D eigenvalue weighted by Gasteiger charge is -2.34. The number of hydrogen-bond acceptors (Lipinski definition) is 3. The highest BCUT2D eigenvalue weighted by Gasteiger charge is 2.32. The van der Waals surface area contributed by atoms with Gasteiger partial charge in [-0.1, -0.05) is 13.8 Å².